The number of nitriles is 1. The minimum absolute atomic E-state index is 0.596. The zero-order chi connectivity index (χ0) is 53.9. The van der Waals surface area contributed by atoms with Gasteiger partial charge in [0.15, 0.2) is 5.69 Å². The van der Waals surface area contributed by atoms with E-state index in [1.807, 2.05) is 48.4 Å². The summed E-state index contributed by atoms with van der Waals surface area (Å²) in [6.07, 6.45) is 4.01. The fourth-order valence-electron chi connectivity index (χ4n) is 14.3. The van der Waals surface area contributed by atoms with Crippen molar-refractivity contribution in [3.63, 3.8) is 0 Å². The molecular formula is C73H40N8S. The van der Waals surface area contributed by atoms with Crippen LogP contribution in [0.4, 0.5) is 5.69 Å². The monoisotopic (exact) mass is 1060 g/mol. The fourth-order valence-corrected chi connectivity index (χ4v) is 15.7. The van der Waals surface area contributed by atoms with Gasteiger partial charge in [0, 0.05) is 58.6 Å². The summed E-state index contributed by atoms with van der Waals surface area (Å²) in [5.74, 6) is 0. The number of fused-ring (bicyclic) bond motifs is 21. The average Bonchev–Trinajstić information content (AvgIpc) is 1.56. The molecule has 378 valence electrons. The summed E-state index contributed by atoms with van der Waals surface area (Å²) >= 11 is 1.85. The molecule has 10 aromatic carbocycles. The third-order valence-electron chi connectivity index (χ3n) is 17.5. The Bertz CT molecular complexity index is 5170. The van der Waals surface area contributed by atoms with Gasteiger partial charge in [0.05, 0.1) is 114 Å². The highest BCUT2D eigenvalue weighted by Gasteiger charge is 2.53. The van der Waals surface area contributed by atoms with Crippen molar-refractivity contribution in [2.75, 3.05) is 0 Å². The van der Waals surface area contributed by atoms with Gasteiger partial charge in [0.1, 0.15) is 0 Å². The first-order valence-electron chi connectivity index (χ1n) is 27.4. The summed E-state index contributed by atoms with van der Waals surface area (Å²) in [5, 5.41) is 19.1. The van der Waals surface area contributed by atoms with Gasteiger partial charge in [-0.2, -0.15) is 5.26 Å². The van der Waals surface area contributed by atoms with E-state index in [2.05, 4.69) is 235 Å². The Morgan fingerprint density at radius 3 is 1.18 bits per heavy atom. The Labute approximate surface area is 473 Å². The van der Waals surface area contributed by atoms with Gasteiger partial charge in [0.2, 0.25) is 0 Å². The molecule has 1 aliphatic carbocycles. The number of pyridine rings is 2. The van der Waals surface area contributed by atoms with E-state index in [9.17, 15) is 5.26 Å². The van der Waals surface area contributed by atoms with Crippen molar-refractivity contribution in [1.29, 1.82) is 5.26 Å². The van der Waals surface area contributed by atoms with Crippen molar-refractivity contribution in [3.8, 4) is 40.2 Å². The number of para-hydroxylation sites is 6. The molecule has 0 fully saturated rings. The lowest BCUT2D eigenvalue weighted by Crippen LogP contribution is -2.33. The standard InChI is InChI=1S/C73H40N8S/c1-75-44-33-35-66-54(37-44)52-21-7-9-25-60(52)79(66)46-39-58-70(77-42-46)69-57(38-45(41-76-69)78-59-24-8-6-20-51(59)53-36-43(40-74)32-34-65(53)78)73(58)55-22-14-30-67(80-61-26-10-2-16-47(61)48-17-3-11-27-62(48)80)71(55)82-72-56(73)23-15-31-68(72)81-63-28-12-4-18-49(63)50-19-5-13-29-64(50)81/h2-39,41-42H. The SMILES string of the molecule is [C-]#[N+]c1ccc2c(c1)c1ccccc1n2-c1cnc2c(c1)C1(c3cc(-n4c5ccccc5c5cc(C#N)ccc54)cnc3-2)c2cccc(-n3c4ccccc4c4ccccc43)c2Sc2c(-n3c4ccccc4c4ccccc43)cccc21. The molecule has 0 bridgehead atoms. The molecule has 18 rings (SSSR count). The van der Waals surface area contributed by atoms with Gasteiger partial charge in [-0.3, -0.25) is 9.97 Å². The van der Waals surface area contributed by atoms with Crippen molar-refractivity contribution in [1.82, 2.24) is 28.2 Å². The first-order chi connectivity index (χ1) is 40.6. The molecule has 0 radical (unpaired) electrons. The molecule has 0 unspecified atom stereocenters. The number of aromatic nitrogens is 6. The first kappa shape index (κ1) is 45.0. The maximum Gasteiger partial charge on any atom is 0.188 e. The van der Waals surface area contributed by atoms with E-state index in [1.54, 1.807) is 0 Å². The van der Waals surface area contributed by atoms with Crippen LogP contribution in [0.5, 0.6) is 0 Å². The molecule has 0 atom stereocenters. The number of hydrogen-bond donors (Lipinski definition) is 0. The van der Waals surface area contributed by atoms with E-state index >= 15 is 0 Å². The molecule has 1 aliphatic heterocycles. The van der Waals surface area contributed by atoms with Crippen molar-refractivity contribution in [3.05, 3.63) is 282 Å². The third kappa shape index (κ3) is 5.78. The Kier molecular flexibility index (Phi) is 9.07. The normalized spacial score (nSPS) is 13.1. The zero-order valence-corrected chi connectivity index (χ0v) is 44.4. The van der Waals surface area contributed by atoms with E-state index < -0.39 is 5.41 Å². The fraction of sp³-hybridized carbons (Fsp3) is 0.0137. The largest absolute Gasteiger partial charge is 0.308 e. The topological polar surface area (TPSA) is 73.7 Å². The predicted octanol–water partition coefficient (Wildman–Crippen LogP) is 18.1. The van der Waals surface area contributed by atoms with E-state index in [0.717, 1.165) is 132 Å². The summed E-state index contributed by atoms with van der Waals surface area (Å²) in [6, 6.07) is 85.0. The summed E-state index contributed by atoms with van der Waals surface area (Å²) < 4.78 is 9.58. The molecule has 2 aliphatic rings. The highest BCUT2D eigenvalue weighted by Crippen LogP contribution is 2.64. The van der Waals surface area contributed by atoms with E-state index in [4.69, 9.17) is 16.5 Å². The van der Waals surface area contributed by atoms with Crippen LogP contribution in [0.1, 0.15) is 27.8 Å². The van der Waals surface area contributed by atoms with Gasteiger partial charge in [-0.1, -0.05) is 151 Å². The number of hydrogen-bond acceptors (Lipinski definition) is 4. The molecule has 6 aromatic heterocycles. The highest BCUT2D eigenvalue weighted by atomic mass is 32.2. The predicted molar refractivity (Wildman–Crippen MR) is 332 cm³/mol. The second-order valence-electron chi connectivity index (χ2n) is 21.4. The van der Waals surface area contributed by atoms with Gasteiger partial charge in [0.25, 0.3) is 0 Å². The van der Waals surface area contributed by atoms with Crippen LogP contribution in [0.25, 0.3) is 126 Å². The Morgan fingerprint density at radius 2 is 0.756 bits per heavy atom. The van der Waals surface area contributed by atoms with E-state index in [-0.39, 0.29) is 0 Å². The lowest BCUT2D eigenvalue weighted by molar-refractivity contribution is 0.713. The van der Waals surface area contributed by atoms with Crippen LogP contribution in [0.3, 0.4) is 0 Å². The van der Waals surface area contributed by atoms with Gasteiger partial charge in [-0.05, 0) is 108 Å². The summed E-state index contributed by atoms with van der Waals surface area (Å²) in [7, 11) is 0. The van der Waals surface area contributed by atoms with Gasteiger partial charge in [-0.25, -0.2) is 4.85 Å². The molecule has 0 saturated carbocycles. The molecule has 7 heterocycles. The van der Waals surface area contributed by atoms with Crippen LogP contribution in [-0.2, 0) is 5.41 Å². The molecular weight excluding hydrogens is 1020 g/mol. The van der Waals surface area contributed by atoms with Crippen molar-refractivity contribution < 1.29 is 0 Å². The second kappa shape index (κ2) is 16.5. The Hall–Kier alpha value is -11.0. The molecule has 0 amide bonds. The van der Waals surface area contributed by atoms with Crippen LogP contribution >= 0.6 is 11.8 Å². The maximum atomic E-state index is 10.2. The van der Waals surface area contributed by atoms with Crippen LogP contribution in [0.15, 0.2) is 253 Å². The number of rotatable bonds is 4. The average molecular weight is 1060 g/mol. The van der Waals surface area contributed by atoms with Crippen molar-refractivity contribution >= 4 is 105 Å². The number of nitrogens with zero attached hydrogens (tertiary/aromatic N) is 8. The quantitative estimate of drug-likeness (QED) is 0.165. The summed E-state index contributed by atoms with van der Waals surface area (Å²) in [5.41, 5.74) is 18.7. The minimum Gasteiger partial charge on any atom is -0.308 e. The molecule has 82 heavy (non-hydrogen) atoms. The van der Waals surface area contributed by atoms with E-state index in [0.29, 0.717) is 11.3 Å². The van der Waals surface area contributed by atoms with Crippen molar-refractivity contribution in [2.45, 2.75) is 15.2 Å². The third-order valence-corrected chi connectivity index (χ3v) is 18.8. The maximum absolute atomic E-state index is 10.2. The van der Waals surface area contributed by atoms with E-state index in [1.165, 1.54) is 21.5 Å². The highest BCUT2D eigenvalue weighted by molar-refractivity contribution is 7.99. The zero-order valence-electron chi connectivity index (χ0n) is 43.6. The molecule has 16 aromatic rings. The molecule has 9 heteroatoms. The minimum atomic E-state index is -1.01. The molecule has 0 N–H and O–H groups in total. The summed E-state index contributed by atoms with van der Waals surface area (Å²) in [4.78, 5) is 17.4. The second-order valence-corrected chi connectivity index (χ2v) is 22.5. The molecule has 1 spiro atoms. The van der Waals surface area contributed by atoms with Gasteiger partial charge >= 0.3 is 0 Å². The van der Waals surface area contributed by atoms with Crippen LogP contribution in [0, 0.1) is 17.9 Å². The lowest BCUT2D eigenvalue weighted by atomic mass is 9.67. The summed E-state index contributed by atoms with van der Waals surface area (Å²) in [6.45, 7) is 8.00. The molecule has 0 saturated heterocycles. The van der Waals surface area contributed by atoms with Crippen LogP contribution < -0.4 is 0 Å². The van der Waals surface area contributed by atoms with Gasteiger partial charge in [-0.15, -0.1) is 0 Å². The van der Waals surface area contributed by atoms with Crippen molar-refractivity contribution in [2.24, 2.45) is 0 Å². The Morgan fingerprint density at radius 1 is 0.378 bits per heavy atom. The first-order valence-corrected chi connectivity index (χ1v) is 28.2. The van der Waals surface area contributed by atoms with Crippen LogP contribution in [0.2, 0.25) is 0 Å². The molecule has 8 nitrogen and oxygen atoms in total. The van der Waals surface area contributed by atoms with Crippen LogP contribution in [-0.4, -0.2) is 28.2 Å². The lowest BCUT2D eigenvalue weighted by Gasteiger charge is -2.41. The van der Waals surface area contributed by atoms with Gasteiger partial charge < -0.3 is 18.3 Å². The number of benzene rings is 10. The smallest absolute Gasteiger partial charge is 0.188 e. The Balaban J connectivity index is 1.02.